The molecule has 0 radical (unpaired) electrons. The lowest BCUT2D eigenvalue weighted by atomic mass is 9.86. The van der Waals surface area contributed by atoms with Crippen LogP contribution in [0, 0.1) is 17.8 Å². The summed E-state index contributed by atoms with van der Waals surface area (Å²) in [6.45, 7) is 3.94. The monoisotopic (exact) mass is 341 g/mol. The molecular weight excluding hydrogens is 310 g/mol. The summed E-state index contributed by atoms with van der Waals surface area (Å²) in [4.78, 5) is 4.73. The molecule has 0 aromatic carbocycles. The van der Waals surface area contributed by atoms with E-state index in [0.29, 0.717) is 30.0 Å². The van der Waals surface area contributed by atoms with Crippen molar-refractivity contribution in [2.24, 2.45) is 22.7 Å². The molecule has 23 heavy (non-hydrogen) atoms. The van der Waals surface area contributed by atoms with Gasteiger partial charge in [0.2, 0.25) is 0 Å². The molecule has 3 fully saturated rings. The van der Waals surface area contributed by atoms with E-state index in [2.05, 4.69) is 17.6 Å². The first-order valence-corrected chi connectivity index (χ1v) is 11.1. The van der Waals surface area contributed by atoms with Crippen LogP contribution in [0.25, 0.3) is 0 Å². The summed E-state index contributed by atoms with van der Waals surface area (Å²) in [7, 11) is -2.81. The summed E-state index contributed by atoms with van der Waals surface area (Å²) in [6, 6.07) is 0.501. The number of nitrogens with one attached hydrogen (secondary N) is 2. The van der Waals surface area contributed by atoms with Crippen LogP contribution in [-0.2, 0) is 9.84 Å². The lowest BCUT2D eigenvalue weighted by molar-refractivity contribution is 0.306. The summed E-state index contributed by atoms with van der Waals surface area (Å²) in [6.07, 6.45) is 8.53. The average molecular weight is 342 g/mol. The zero-order valence-corrected chi connectivity index (χ0v) is 15.1. The van der Waals surface area contributed by atoms with E-state index in [9.17, 15) is 8.42 Å². The lowest BCUT2D eigenvalue weighted by Gasteiger charge is -2.31. The molecule has 1 aliphatic heterocycles. The van der Waals surface area contributed by atoms with Crippen molar-refractivity contribution in [1.82, 2.24) is 10.6 Å². The van der Waals surface area contributed by atoms with Gasteiger partial charge >= 0.3 is 0 Å². The first-order valence-electron chi connectivity index (χ1n) is 9.27. The van der Waals surface area contributed by atoms with Crippen molar-refractivity contribution in [3.05, 3.63) is 0 Å². The van der Waals surface area contributed by atoms with Crippen molar-refractivity contribution in [3.63, 3.8) is 0 Å². The van der Waals surface area contributed by atoms with Crippen LogP contribution < -0.4 is 10.6 Å². The number of hydrogen-bond donors (Lipinski definition) is 2. The number of guanidine groups is 1. The van der Waals surface area contributed by atoms with Gasteiger partial charge < -0.3 is 10.6 Å². The topological polar surface area (TPSA) is 70.6 Å². The van der Waals surface area contributed by atoms with E-state index in [4.69, 9.17) is 4.99 Å². The molecule has 132 valence electrons. The Kier molecular flexibility index (Phi) is 5.49. The SMILES string of the molecule is CC1CCCCC1NC(=NCC1CCS(=O)(=O)C1)NCC1CC1. The van der Waals surface area contributed by atoms with E-state index in [-0.39, 0.29) is 5.92 Å². The van der Waals surface area contributed by atoms with Gasteiger partial charge in [0, 0.05) is 19.1 Å². The Morgan fingerprint density at radius 1 is 1.09 bits per heavy atom. The molecule has 1 heterocycles. The van der Waals surface area contributed by atoms with E-state index in [1.165, 1.54) is 38.5 Å². The minimum absolute atomic E-state index is 0.198. The molecule has 0 spiro atoms. The van der Waals surface area contributed by atoms with Crippen LogP contribution in [0.1, 0.15) is 51.9 Å². The second kappa shape index (κ2) is 7.41. The van der Waals surface area contributed by atoms with Crippen LogP contribution in [0.4, 0.5) is 0 Å². The Hall–Kier alpha value is -0.780. The summed E-state index contributed by atoms with van der Waals surface area (Å²) >= 11 is 0. The van der Waals surface area contributed by atoms with Gasteiger partial charge in [-0.15, -0.1) is 0 Å². The highest BCUT2D eigenvalue weighted by Gasteiger charge is 2.28. The quantitative estimate of drug-likeness (QED) is 0.592. The van der Waals surface area contributed by atoms with Crippen molar-refractivity contribution in [2.75, 3.05) is 24.6 Å². The summed E-state index contributed by atoms with van der Waals surface area (Å²) in [5.41, 5.74) is 0. The van der Waals surface area contributed by atoms with Gasteiger partial charge in [0.1, 0.15) is 0 Å². The molecule has 6 heteroatoms. The molecule has 5 nitrogen and oxygen atoms in total. The fourth-order valence-electron chi connectivity index (χ4n) is 3.66. The molecule has 0 aromatic heterocycles. The second-order valence-corrected chi connectivity index (χ2v) is 10.0. The van der Waals surface area contributed by atoms with Gasteiger partial charge in [0.05, 0.1) is 11.5 Å². The first-order chi connectivity index (χ1) is 11.0. The number of nitrogens with zero attached hydrogens (tertiary/aromatic N) is 1. The van der Waals surface area contributed by atoms with Gasteiger partial charge in [0.25, 0.3) is 0 Å². The molecule has 3 rings (SSSR count). The van der Waals surface area contributed by atoms with Crippen LogP contribution in [-0.4, -0.2) is 45.0 Å². The van der Waals surface area contributed by atoms with Gasteiger partial charge in [0.15, 0.2) is 15.8 Å². The summed E-state index contributed by atoms with van der Waals surface area (Å²) in [5.74, 6) is 3.24. The predicted octanol–water partition coefficient (Wildman–Crippen LogP) is 1.94. The van der Waals surface area contributed by atoms with E-state index < -0.39 is 9.84 Å². The van der Waals surface area contributed by atoms with Crippen LogP contribution in [0.2, 0.25) is 0 Å². The Morgan fingerprint density at radius 3 is 2.52 bits per heavy atom. The minimum atomic E-state index is -2.81. The molecular formula is C17H31N3O2S. The Bertz CT molecular complexity index is 528. The minimum Gasteiger partial charge on any atom is -0.356 e. The smallest absolute Gasteiger partial charge is 0.191 e. The van der Waals surface area contributed by atoms with Crippen LogP contribution in [0.3, 0.4) is 0 Å². The molecule has 2 saturated carbocycles. The number of aliphatic imine (C=N–C) groups is 1. The van der Waals surface area contributed by atoms with Gasteiger partial charge in [-0.1, -0.05) is 19.8 Å². The Morgan fingerprint density at radius 2 is 1.87 bits per heavy atom. The molecule has 2 aliphatic carbocycles. The van der Waals surface area contributed by atoms with Crippen molar-refractivity contribution in [2.45, 2.75) is 57.9 Å². The zero-order valence-electron chi connectivity index (χ0n) is 14.3. The van der Waals surface area contributed by atoms with E-state index in [0.717, 1.165) is 24.8 Å². The second-order valence-electron chi connectivity index (χ2n) is 7.80. The van der Waals surface area contributed by atoms with Gasteiger partial charge in [-0.25, -0.2) is 8.42 Å². The van der Waals surface area contributed by atoms with Crippen LogP contribution in [0.5, 0.6) is 0 Å². The first kappa shape index (κ1) is 17.1. The molecule has 3 aliphatic rings. The Labute approximate surface area is 140 Å². The fourth-order valence-corrected chi connectivity index (χ4v) is 5.51. The van der Waals surface area contributed by atoms with Crippen LogP contribution >= 0.6 is 0 Å². The fraction of sp³-hybridized carbons (Fsp3) is 0.941. The number of sulfone groups is 1. The molecule has 0 amide bonds. The maximum absolute atomic E-state index is 11.6. The summed E-state index contributed by atoms with van der Waals surface area (Å²) < 4.78 is 23.2. The molecule has 0 bridgehead atoms. The standard InChI is InChI=1S/C17H31N3O2S/c1-13-4-2-3-5-16(13)20-17(18-10-14-6-7-14)19-11-15-8-9-23(21,22)12-15/h13-16H,2-12H2,1H3,(H2,18,19,20). The molecule has 3 unspecified atom stereocenters. The third kappa shape index (κ3) is 5.37. The number of hydrogen-bond acceptors (Lipinski definition) is 3. The van der Waals surface area contributed by atoms with Crippen molar-refractivity contribution in [3.8, 4) is 0 Å². The van der Waals surface area contributed by atoms with Crippen molar-refractivity contribution in [1.29, 1.82) is 0 Å². The Balaban J connectivity index is 1.56. The third-order valence-corrected chi connectivity index (χ3v) is 7.36. The molecule has 3 atom stereocenters. The number of rotatable bonds is 5. The van der Waals surface area contributed by atoms with Gasteiger partial charge in [-0.05, 0) is 49.9 Å². The van der Waals surface area contributed by atoms with E-state index >= 15 is 0 Å². The third-order valence-electron chi connectivity index (χ3n) is 5.52. The van der Waals surface area contributed by atoms with Gasteiger partial charge in [-0.2, -0.15) is 0 Å². The lowest BCUT2D eigenvalue weighted by Crippen LogP contribution is -2.47. The predicted molar refractivity (Wildman–Crippen MR) is 94.3 cm³/mol. The van der Waals surface area contributed by atoms with E-state index in [1.54, 1.807) is 0 Å². The molecule has 0 aromatic rings. The van der Waals surface area contributed by atoms with Crippen LogP contribution in [0.15, 0.2) is 4.99 Å². The van der Waals surface area contributed by atoms with Crippen molar-refractivity contribution < 1.29 is 8.42 Å². The highest BCUT2D eigenvalue weighted by Crippen LogP contribution is 2.28. The maximum Gasteiger partial charge on any atom is 0.191 e. The highest BCUT2D eigenvalue weighted by molar-refractivity contribution is 7.91. The molecule has 2 N–H and O–H groups in total. The van der Waals surface area contributed by atoms with Gasteiger partial charge in [-0.3, -0.25) is 4.99 Å². The van der Waals surface area contributed by atoms with E-state index in [1.807, 2.05) is 0 Å². The summed E-state index contributed by atoms with van der Waals surface area (Å²) in [5, 5.41) is 7.11. The maximum atomic E-state index is 11.6. The zero-order chi connectivity index (χ0) is 16.3. The molecule has 1 saturated heterocycles. The normalized spacial score (nSPS) is 34.3. The average Bonchev–Trinajstić information content (AvgIpc) is 3.27. The largest absolute Gasteiger partial charge is 0.356 e. The van der Waals surface area contributed by atoms with Crippen molar-refractivity contribution >= 4 is 15.8 Å². The highest BCUT2D eigenvalue weighted by atomic mass is 32.2.